The van der Waals surface area contributed by atoms with Gasteiger partial charge in [0, 0.05) is 25.1 Å². The third-order valence-corrected chi connectivity index (χ3v) is 9.01. The molecule has 1 aliphatic heterocycles. The predicted octanol–water partition coefficient (Wildman–Crippen LogP) is 4.04. The smallest absolute Gasteiger partial charge is 0.243 e. The molecule has 0 fully saturated rings. The number of methoxy groups -OCH3 is 1. The van der Waals surface area contributed by atoms with Gasteiger partial charge >= 0.3 is 0 Å². The number of hydrogen-bond acceptors (Lipinski definition) is 6. The van der Waals surface area contributed by atoms with Crippen LogP contribution >= 0.6 is 11.3 Å². The van der Waals surface area contributed by atoms with Crippen molar-refractivity contribution in [2.24, 2.45) is 0 Å². The molecule has 1 aromatic heterocycles. The first-order valence-electron chi connectivity index (χ1n) is 11.6. The first-order valence-corrected chi connectivity index (χ1v) is 13.9. The summed E-state index contributed by atoms with van der Waals surface area (Å²) in [6.07, 6.45) is 0.689. The van der Waals surface area contributed by atoms with Gasteiger partial charge in [0.05, 0.1) is 24.1 Å². The number of fused-ring (bicyclic) bond motifs is 1. The van der Waals surface area contributed by atoms with Crippen LogP contribution < -0.4 is 4.74 Å². The number of rotatable bonds is 10. The monoisotopic (exact) mass is 532 g/mol. The van der Waals surface area contributed by atoms with Gasteiger partial charge in [0.25, 0.3) is 0 Å². The number of thiophene rings is 1. The minimum atomic E-state index is -3.91. The van der Waals surface area contributed by atoms with Crippen molar-refractivity contribution in [1.29, 1.82) is 0 Å². The average Bonchev–Trinajstić information content (AvgIpc) is 3.35. The highest BCUT2D eigenvalue weighted by Crippen LogP contribution is 2.34. The highest BCUT2D eigenvalue weighted by molar-refractivity contribution is 7.89. The second kappa shape index (κ2) is 11.5. The molecule has 36 heavy (non-hydrogen) atoms. The number of nitrogens with zero attached hydrogens (tertiary/aromatic N) is 2. The SMILES string of the molecule is COCCN(CC(=O)N1CCc2sccc2[C@@H]1COc1ccc(F)cc1)S(=O)(=O)c1ccc(C)cc1. The summed E-state index contributed by atoms with van der Waals surface area (Å²) in [6, 6.07) is 13.9. The maximum atomic E-state index is 13.6. The Labute approximate surface area is 215 Å². The number of carbonyl (C=O) groups is 1. The fourth-order valence-electron chi connectivity index (χ4n) is 4.16. The fraction of sp³-hybridized carbons (Fsp3) is 0.346. The zero-order valence-electron chi connectivity index (χ0n) is 20.2. The first-order chi connectivity index (χ1) is 17.3. The quantitative estimate of drug-likeness (QED) is 0.394. The van der Waals surface area contributed by atoms with Gasteiger partial charge < -0.3 is 14.4 Å². The van der Waals surface area contributed by atoms with Crippen LogP contribution in [0.25, 0.3) is 0 Å². The van der Waals surface area contributed by atoms with E-state index in [0.717, 1.165) is 11.1 Å². The van der Waals surface area contributed by atoms with Crippen LogP contribution in [0.3, 0.4) is 0 Å². The van der Waals surface area contributed by atoms with E-state index in [9.17, 15) is 17.6 Å². The lowest BCUT2D eigenvalue weighted by molar-refractivity contribution is -0.135. The molecule has 1 aliphatic rings. The van der Waals surface area contributed by atoms with Crippen LogP contribution in [0.5, 0.6) is 5.75 Å². The molecule has 1 amide bonds. The summed E-state index contributed by atoms with van der Waals surface area (Å²) in [7, 11) is -2.42. The molecule has 0 radical (unpaired) electrons. The van der Waals surface area contributed by atoms with Crippen LogP contribution in [0.2, 0.25) is 0 Å². The molecule has 2 aromatic carbocycles. The van der Waals surface area contributed by atoms with Crippen molar-refractivity contribution in [3.05, 3.63) is 81.8 Å². The lowest BCUT2D eigenvalue weighted by Crippen LogP contribution is -2.48. The van der Waals surface area contributed by atoms with Crippen LogP contribution in [0, 0.1) is 12.7 Å². The number of ether oxygens (including phenoxy) is 2. The third kappa shape index (κ3) is 5.95. The van der Waals surface area contributed by atoms with E-state index in [2.05, 4.69) is 0 Å². The Bertz CT molecular complexity index is 1280. The molecule has 192 valence electrons. The molecular weight excluding hydrogens is 503 g/mol. The second-order valence-electron chi connectivity index (χ2n) is 8.56. The normalized spacial score (nSPS) is 15.7. The zero-order chi connectivity index (χ0) is 25.7. The summed E-state index contributed by atoms with van der Waals surface area (Å²) >= 11 is 1.63. The Kier molecular flexibility index (Phi) is 8.40. The van der Waals surface area contributed by atoms with Crippen molar-refractivity contribution in [1.82, 2.24) is 9.21 Å². The summed E-state index contributed by atoms with van der Waals surface area (Å²) < 4.78 is 52.3. The van der Waals surface area contributed by atoms with E-state index in [1.165, 1.54) is 28.4 Å². The van der Waals surface area contributed by atoms with Crippen molar-refractivity contribution < 1.29 is 27.1 Å². The number of carbonyl (C=O) groups excluding carboxylic acids is 1. The minimum Gasteiger partial charge on any atom is -0.491 e. The molecule has 7 nitrogen and oxygen atoms in total. The van der Waals surface area contributed by atoms with Crippen molar-refractivity contribution in [3.8, 4) is 5.75 Å². The molecule has 0 unspecified atom stereocenters. The summed E-state index contributed by atoms with van der Waals surface area (Å²) in [4.78, 5) is 16.6. The van der Waals surface area contributed by atoms with E-state index in [1.807, 2.05) is 18.4 Å². The van der Waals surface area contributed by atoms with Crippen molar-refractivity contribution >= 4 is 27.3 Å². The van der Waals surface area contributed by atoms with Crippen LogP contribution in [-0.2, 0) is 26.0 Å². The zero-order valence-corrected chi connectivity index (χ0v) is 21.9. The van der Waals surface area contributed by atoms with Crippen molar-refractivity contribution in [2.45, 2.75) is 24.3 Å². The molecule has 0 saturated heterocycles. The van der Waals surface area contributed by atoms with Gasteiger partial charge in [-0.15, -0.1) is 11.3 Å². The molecule has 2 heterocycles. The van der Waals surface area contributed by atoms with Crippen molar-refractivity contribution in [3.63, 3.8) is 0 Å². The number of sulfonamides is 1. The van der Waals surface area contributed by atoms with Crippen LogP contribution in [0.4, 0.5) is 4.39 Å². The highest BCUT2D eigenvalue weighted by atomic mass is 32.2. The molecule has 1 atom stereocenters. The van der Waals surface area contributed by atoms with E-state index in [4.69, 9.17) is 9.47 Å². The molecule has 0 spiro atoms. The average molecular weight is 533 g/mol. The number of aryl methyl sites for hydroxylation is 1. The molecular formula is C26H29FN2O5S2. The number of halogens is 1. The maximum Gasteiger partial charge on any atom is 0.243 e. The summed E-state index contributed by atoms with van der Waals surface area (Å²) in [5.74, 6) is -0.177. The van der Waals surface area contributed by atoms with Gasteiger partial charge in [-0.25, -0.2) is 12.8 Å². The summed E-state index contributed by atoms with van der Waals surface area (Å²) in [6.45, 7) is 2.39. The van der Waals surface area contributed by atoms with E-state index in [0.29, 0.717) is 18.7 Å². The van der Waals surface area contributed by atoms with Gasteiger partial charge in [-0.3, -0.25) is 4.79 Å². The number of hydrogen-bond donors (Lipinski definition) is 0. The lowest BCUT2D eigenvalue weighted by atomic mass is 10.0. The summed E-state index contributed by atoms with van der Waals surface area (Å²) in [5, 5.41) is 1.98. The number of amides is 1. The van der Waals surface area contributed by atoms with Gasteiger partial charge in [-0.05, 0) is 66.8 Å². The van der Waals surface area contributed by atoms with E-state index >= 15 is 0 Å². The molecule has 10 heteroatoms. The van der Waals surface area contributed by atoms with E-state index in [-0.39, 0.29) is 49.0 Å². The van der Waals surface area contributed by atoms with Gasteiger partial charge in [0.2, 0.25) is 15.9 Å². The summed E-state index contributed by atoms with van der Waals surface area (Å²) in [5.41, 5.74) is 1.93. The Morgan fingerprint density at radius 3 is 2.56 bits per heavy atom. The minimum absolute atomic E-state index is 0.0484. The Hall–Kier alpha value is -2.79. The third-order valence-electron chi connectivity index (χ3n) is 6.15. The fourth-order valence-corrected chi connectivity index (χ4v) is 6.46. The molecule has 3 aromatic rings. The van der Waals surface area contributed by atoms with Gasteiger partial charge in [-0.1, -0.05) is 17.7 Å². The van der Waals surface area contributed by atoms with Gasteiger partial charge in [0.1, 0.15) is 18.2 Å². The van der Waals surface area contributed by atoms with E-state index < -0.39 is 10.0 Å². The number of benzene rings is 2. The van der Waals surface area contributed by atoms with Gasteiger partial charge in [-0.2, -0.15) is 4.31 Å². The predicted molar refractivity (Wildman–Crippen MR) is 136 cm³/mol. The Morgan fingerprint density at radius 1 is 1.14 bits per heavy atom. The van der Waals surface area contributed by atoms with Crippen LogP contribution in [-0.4, -0.2) is 63.5 Å². The van der Waals surface area contributed by atoms with Crippen LogP contribution in [0.1, 0.15) is 22.0 Å². The molecule has 0 N–H and O–H groups in total. The van der Waals surface area contributed by atoms with Crippen LogP contribution in [0.15, 0.2) is 64.9 Å². The molecule has 0 saturated carbocycles. The van der Waals surface area contributed by atoms with Crippen molar-refractivity contribution in [2.75, 3.05) is 40.0 Å². The van der Waals surface area contributed by atoms with Gasteiger partial charge in [0.15, 0.2) is 0 Å². The Morgan fingerprint density at radius 2 is 1.86 bits per heavy atom. The Balaban J connectivity index is 1.55. The largest absolute Gasteiger partial charge is 0.491 e. The first kappa shape index (κ1) is 26.3. The topological polar surface area (TPSA) is 76.2 Å². The highest BCUT2D eigenvalue weighted by Gasteiger charge is 2.35. The molecule has 0 bridgehead atoms. The lowest BCUT2D eigenvalue weighted by Gasteiger charge is -2.37. The second-order valence-corrected chi connectivity index (χ2v) is 11.5. The maximum absolute atomic E-state index is 13.6. The molecule has 0 aliphatic carbocycles. The van der Waals surface area contributed by atoms with E-state index in [1.54, 1.807) is 52.6 Å². The molecule has 4 rings (SSSR count). The standard InChI is InChI=1S/C26H29FN2O5S2/c1-19-3-9-22(10-4-19)36(31,32)28(14-15-33-2)17-26(30)29-13-11-25-23(12-16-35-25)24(29)18-34-21-7-5-20(27)6-8-21/h3-10,12,16,24H,11,13-15,17-18H2,1-2H3/t24-/m0/s1.